The highest BCUT2D eigenvalue weighted by Crippen LogP contribution is 2.33. The van der Waals surface area contributed by atoms with E-state index in [9.17, 15) is 13.2 Å². The molecule has 0 aromatic carbocycles. The molecule has 3 rings (SSSR count). The predicted molar refractivity (Wildman–Crippen MR) is 77.4 cm³/mol. The van der Waals surface area contributed by atoms with E-state index in [0.29, 0.717) is 25.6 Å². The summed E-state index contributed by atoms with van der Waals surface area (Å²) in [5.41, 5.74) is 0. The monoisotopic (exact) mass is 336 g/mol. The molecule has 0 spiro atoms. The summed E-state index contributed by atoms with van der Waals surface area (Å²) >= 11 is 1.51. The second kappa shape index (κ2) is 6.67. The zero-order valence-corrected chi connectivity index (χ0v) is 12.9. The van der Waals surface area contributed by atoms with Crippen molar-refractivity contribution < 1.29 is 17.9 Å². The van der Waals surface area contributed by atoms with Gasteiger partial charge in [-0.25, -0.2) is 0 Å². The van der Waals surface area contributed by atoms with Crippen LogP contribution in [0.3, 0.4) is 0 Å². The van der Waals surface area contributed by atoms with Crippen molar-refractivity contribution in [3.63, 3.8) is 0 Å². The van der Waals surface area contributed by atoms with Gasteiger partial charge in [-0.15, -0.1) is 10.2 Å². The first-order chi connectivity index (χ1) is 10.5. The Kier molecular flexibility index (Phi) is 4.84. The number of rotatable bonds is 3. The van der Waals surface area contributed by atoms with Crippen LogP contribution in [0.4, 0.5) is 18.3 Å². The third-order valence-corrected chi connectivity index (χ3v) is 5.15. The molecule has 1 aromatic heterocycles. The number of aromatic nitrogens is 2. The summed E-state index contributed by atoms with van der Waals surface area (Å²) in [4.78, 5) is 1.91. The van der Waals surface area contributed by atoms with Crippen LogP contribution in [-0.2, 0) is 4.74 Å². The minimum absolute atomic E-state index is 0.321. The molecule has 9 heteroatoms. The van der Waals surface area contributed by atoms with Gasteiger partial charge in [0.25, 0.3) is 0 Å². The Morgan fingerprint density at radius 2 is 2.05 bits per heavy atom. The zero-order chi connectivity index (χ0) is 15.6. The number of halogens is 3. The first kappa shape index (κ1) is 15.9. The molecule has 0 radical (unpaired) electrons. The SMILES string of the molecule is FC(F)(F)CC1CN(c2nnc(C3CCOCC3)s2)CCN1. The van der Waals surface area contributed by atoms with Gasteiger partial charge in [-0.1, -0.05) is 11.3 Å². The smallest absolute Gasteiger partial charge is 0.381 e. The molecular formula is C13H19F3N4OS. The van der Waals surface area contributed by atoms with E-state index in [-0.39, 0.29) is 0 Å². The van der Waals surface area contributed by atoms with Crippen molar-refractivity contribution in [3.05, 3.63) is 5.01 Å². The van der Waals surface area contributed by atoms with E-state index in [4.69, 9.17) is 4.74 Å². The molecule has 1 atom stereocenters. The van der Waals surface area contributed by atoms with Gasteiger partial charge in [0.05, 0.1) is 6.42 Å². The van der Waals surface area contributed by atoms with Crippen molar-refractivity contribution in [1.29, 1.82) is 0 Å². The lowest BCUT2D eigenvalue weighted by Gasteiger charge is -2.33. The summed E-state index contributed by atoms with van der Waals surface area (Å²) in [5.74, 6) is 0.369. The molecule has 0 saturated carbocycles. The second-order valence-corrected chi connectivity index (χ2v) is 6.71. The highest BCUT2D eigenvalue weighted by atomic mass is 32.1. The van der Waals surface area contributed by atoms with Crippen molar-refractivity contribution in [2.45, 2.75) is 37.4 Å². The summed E-state index contributed by atoms with van der Waals surface area (Å²) in [5, 5.41) is 13.1. The molecule has 0 bridgehead atoms. The van der Waals surface area contributed by atoms with Gasteiger partial charge in [-0.2, -0.15) is 13.2 Å². The van der Waals surface area contributed by atoms with Gasteiger partial charge in [-0.3, -0.25) is 0 Å². The molecule has 1 unspecified atom stereocenters. The number of hydrogen-bond donors (Lipinski definition) is 1. The number of anilines is 1. The highest BCUT2D eigenvalue weighted by Gasteiger charge is 2.34. The number of alkyl halides is 3. The lowest BCUT2D eigenvalue weighted by atomic mass is 10.0. The van der Waals surface area contributed by atoms with E-state index in [0.717, 1.165) is 36.2 Å². The van der Waals surface area contributed by atoms with Crippen LogP contribution >= 0.6 is 11.3 Å². The Morgan fingerprint density at radius 1 is 1.27 bits per heavy atom. The van der Waals surface area contributed by atoms with E-state index in [1.54, 1.807) is 0 Å². The number of ether oxygens (including phenoxy) is 1. The van der Waals surface area contributed by atoms with Crippen molar-refractivity contribution in [1.82, 2.24) is 15.5 Å². The molecular weight excluding hydrogens is 317 g/mol. The highest BCUT2D eigenvalue weighted by molar-refractivity contribution is 7.15. The minimum Gasteiger partial charge on any atom is -0.381 e. The van der Waals surface area contributed by atoms with Crippen LogP contribution in [-0.4, -0.2) is 55.3 Å². The molecule has 5 nitrogen and oxygen atoms in total. The molecule has 2 fully saturated rings. The van der Waals surface area contributed by atoms with Crippen LogP contribution < -0.4 is 10.2 Å². The molecule has 2 saturated heterocycles. The van der Waals surface area contributed by atoms with Gasteiger partial charge in [-0.05, 0) is 12.8 Å². The summed E-state index contributed by atoms with van der Waals surface area (Å²) in [6.07, 6.45) is -3.08. The van der Waals surface area contributed by atoms with Gasteiger partial charge in [0.15, 0.2) is 0 Å². The molecule has 2 aliphatic heterocycles. The number of nitrogens with zero attached hydrogens (tertiary/aromatic N) is 3. The van der Waals surface area contributed by atoms with E-state index >= 15 is 0 Å². The Labute approximate surface area is 130 Å². The van der Waals surface area contributed by atoms with Gasteiger partial charge in [0, 0.05) is 44.8 Å². The van der Waals surface area contributed by atoms with Crippen LogP contribution in [0.15, 0.2) is 0 Å². The fraction of sp³-hybridized carbons (Fsp3) is 0.846. The molecule has 22 heavy (non-hydrogen) atoms. The molecule has 0 amide bonds. The second-order valence-electron chi connectivity index (χ2n) is 5.73. The molecule has 0 aliphatic carbocycles. The fourth-order valence-corrected chi connectivity index (χ4v) is 3.93. The van der Waals surface area contributed by atoms with Crippen molar-refractivity contribution in [3.8, 4) is 0 Å². The Balaban J connectivity index is 1.62. The van der Waals surface area contributed by atoms with E-state index in [1.165, 1.54) is 11.3 Å². The van der Waals surface area contributed by atoms with Crippen molar-refractivity contribution in [2.75, 3.05) is 37.7 Å². The average molecular weight is 336 g/mol. The van der Waals surface area contributed by atoms with E-state index < -0.39 is 18.6 Å². The Bertz CT molecular complexity index is 490. The first-order valence-corrected chi connectivity index (χ1v) is 8.29. The van der Waals surface area contributed by atoms with Gasteiger partial charge in [0.2, 0.25) is 5.13 Å². The maximum absolute atomic E-state index is 12.5. The topological polar surface area (TPSA) is 50.3 Å². The van der Waals surface area contributed by atoms with Crippen LogP contribution in [0.5, 0.6) is 0 Å². The van der Waals surface area contributed by atoms with Crippen molar-refractivity contribution >= 4 is 16.5 Å². The zero-order valence-electron chi connectivity index (χ0n) is 12.1. The maximum atomic E-state index is 12.5. The molecule has 1 aromatic rings. The van der Waals surface area contributed by atoms with Crippen molar-refractivity contribution in [2.24, 2.45) is 0 Å². The van der Waals surface area contributed by atoms with Crippen LogP contribution in [0.25, 0.3) is 0 Å². The maximum Gasteiger partial charge on any atom is 0.390 e. The average Bonchev–Trinajstić information content (AvgIpc) is 2.96. The molecule has 3 heterocycles. The molecule has 124 valence electrons. The lowest BCUT2D eigenvalue weighted by Crippen LogP contribution is -2.52. The largest absolute Gasteiger partial charge is 0.390 e. The molecule has 2 aliphatic rings. The summed E-state index contributed by atoms with van der Waals surface area (Å²) in [6.45, 7) is 2.99. The van der Waals surface area contributed by atoms with Crippen LogP contribution in [0, 0.1) is 0 Å². The first-order valence-electron chi connectivity index (χ1n) is 7.47. The van der Waals surface area contributed by atoms with E-state index in [2.05, 4.69) is 15.5 Å². The van der Waals surface area contributed by atoms with Gasteiger partial charge in [0.1, 0.15) is 5.01 Å². The number of hydrogen-bond acceptors (Lipinski definition) is 6. The van der Waals surface area contributed by atoms with E-state index in [1.807, 2.05) is 4.90 Å². The number of piperazine rings is 1. The number of nitrogens with one attached hydrogen (secondary N) is 1. The third kappa shape index (κ3) is 4.08. The third-order valence-electron chi connectivity index (χ3n) is 4.00. The summed E-state index contributed by atoms with van der Waals surface area (Å²) in [6, 6.07) is -0.579. The Hall–Kier alpha value is -0.930. The fourth-order valence-electron chi connectivity index (χ4n) is 2.88. The summed E-state index contributed by atoms with van der Waals surface area (Å²) < 4.78 is 42.9. The molecule has 1 N–H and O–H groups in total. The minimum atomic E-state index is -4.14. The lowest BCUT2D eigenvalue weighted by molar-refractivity contribution is -0.139. The van der Waals surface area contributed by atoms with Gasteiger partial charge < -0.3 is 15.0 Å². The Morgan fingerprint density at radius 3 is 2.77 bits per heavy atom. The normalized spacial score (nSPS) is 24.7. The standard InChI is InChI=1S/C13H19F3N4OS/c14-13(15,16)7-10-8-20(4-3-17-10)12-19-18-11(22-12)9-1-5-21-6-2-9/h9-10,17H,1-8H2. The van der Waals surface area contributed by atoms with Gasteiger partial charge >= 0.3 is 6.18 Å². The quantitative estimate of drug-likeness (QED) is 0.917. The predicted octanol–water partition coefficient (Wildman–Crippen LogP) is 2.16. The van der Waals surface area contributed by atoms with Crippen LogP contribution in [0.2, 0.25) is 0 Å². The summed E-state index contributed by atoms with van der Waals surface area (Å²) in [7, 11) is 0. The van der Waals surface area contributed by atoms with Crippen LogP contribution in [0.1, 0.15) is 30.2 Å².